The highest BCUT2D eigenvalue weighted by molar-refractivity contribution is 14.1. The maximum atomic E-state index is 14.8. The number of hydrogen-bond donors (Lipinski definition) is 2. The van der Waals surface area contributed by atoms with E-state index >= 15 is 0 Å². The topological polar surface area (TPSA) is 209 Å². The Morgan fingerprint density at radius 3 is 1.74 bits per heavy atom. The van der Waals surface area contributed by atoms with E-state index in [9.17, 15) is 32.3 Å². The van der Waals surface area contributed by atoms with Gasteiger partial charge in [0.25, 0.3) is 5.91 Å². The number of hydrogen-bond acceptors (Lipinski definition) is 18. The number of piperazine rings is 1. The molecule has 3 fully saturated rings. The van der Waals surface area contributed by atoms with Gasteiger partial charge in [0.2, 0.25) is 17.8 Å². The van der Waals surface area contributed by atoms with E-state index in [0.717, 1.165) is 63.7 Å². The highest BCUT2D eigenvalue weighted by atomic mass is 127. The van der Waals surface area contributed by atoms with Crippen LogP contribution in [0.15, 0.2) is 78.9 Å². The Labute approximate surface area is 538 Å². The standard InChI is InChI=1S/C64H84F3IN12O10/c1-74(2)52-17-20-78(21-18-52)61(83)47-8-13-51(14-9-47)70-64(84)69-50-11-6-46(7-12-50)60-71-62(73-63(72-60)80-30-35-86-36-31-80)79-26-24-77(25-27-79)58(82)19-32-85-37-38-87-33-28-75(3)22-23-76(4)29-34-88-39-40-89-41-42-90-45-57(81)53-15-16-55(65)59(67)54(53)43-48-5-10-49(68)44-56(48)66/h5-16,44,52H,17-43,45H2,1-4H3,(H2,69,70,84). The number of likely N-dealkylation sites (tertiary alicyclic amines) is 1. The van der Waals surface area contributed by atoms with Gasteiger partial charge in [-0.25, -0.2) is 18.0 Å². The Bertz CT molecular complexity index is 3100. The minimum atomic E-state index is -1.19. The van der Waals surface area contributed by atoms with Crippen molar-refractivity contribution in [3.63, 3.8) is 0 Å². The van der Waals surface area contributed by atoms with Gasteiger partial charge in [0.1, 0.15) is 12.4 Å². The molecule has 0 spiro atoms. The molecule has 3 aliphatic rings. The maximum Gasteiger partial charge on any atom is 0.323 e. The SMILES string of the molecule is CN(CCOCCOCCOCC(=O)c1ccc(F)c(F)c1Cc1ccc(I)cc1F)CCN(C)CCOCCOCCC(=O)N1CCN(c2nc(-c3ccc(NC(=O)Nc4ccc(C(=O)N5CCC(N(C)C)CC5)cc4)cc3)nc(N3CCOCC3)n2)CC1. The first-order chi connectivity index (χ1) is 43.6. The predicted octanol–water partition coefficient (Wildman–Crippen LogP) is 6.67. The van der Waals surface area contributed by atoms with Crippen molar-refractivity contribution in [2.45, 2.75) is 31.7 Å². The number of anilines is 4. The van der Waals surface area contributed by atoms with E-state index in [-0.39, 0.29) is 61.2 Å². The number of aromatic nitrogens is 3. The van der Waals surface area contributed by atoms with Gasteiger partial charge in [-0.15, -0.1) is 0 Å². The summed E-state index contributed by atoms with van der Waals surface area (Å²) in [6, 6.07) is 20.8. The second-order valence-corrected chi connectivity index (χ2v) is 23.8. The summed E-state index contributed by atoms with van der Waals surface area (Å²) >= 11 is 1.95. The summed E-state index contributed by atoms with van der Waals surface area (Å²) in [5.74, 6) is -1.83. The molecule has 4 aromatic carbocycles. The quantitative estimate of drug-likeness (QED) is 0.0255. The summed E-state index contributed by atoms with van der Waals surface area (Å²) in [7, 11) is 8.22. The van der Waals surface area contributed by atoms with Crippen LogP contribution < -0.4 is 20.4 Å². The van der Waals surface area contributed by atoms with Gasteiger partial charge in [-0.1, -0.05) is 6.07 Å². The van der Waals surface area contributed by atoms with Gasteiger partial charge >= 0.3 is 6.03 Å². The number of amides is 4. The number of carbonyl (C=O) groups excluding carboxylic acids is 4. The third-order valence-corrected chi connectivity index (χ3v) is 16.6. The molecule has 90 heavy (non-hydrogen) atoms. The Morgan fingerprint density at radius 1 is 0.600 bits per heavy atom. The van der Waals surface area contributed by atoms with Crippen molar-refractivity contribution in [2.24, 2.45) is 0 Å². The van der Waals surface area contributed by atoms with E-state index in [4.69, 9.17) is 43.4 Å². The molecule has 0 radical (unpaired) electrons. The van der Waals surface area contributed by atoms with Crippen LogP contribution in [0.25, 0.3) is 11.4 Å². The summed E-state index contributed by atoms with van der Waals surface area (Å²) in [5.41, 5.74) is 2.34. The first kappa shape index (κ1) is 69.4. The van der Waals surface area contributed by atoms with Crippen LogP contribution in [-0.2, 0) is 39.6 Å². The number of nitrogens with zero attached hydrogens (tertiary/aromatic N) is 10. The number of urea groups is 1. The summed E-state index contributed by atoms with van der Waals surface area (Å²) in [5, 5.41) is 5.74. The zero-order valence-electron chi connectivity index (χ0n) is 51.9. The lowest BCUT2D eigenvalue weighted by Gasteiger charge is -2.35. The van der Waals surface area contributed by atoms with E-state index in [1.54, 1.807) is 42.5 Å². The van der Waals surface area contributed by atoms with Gasteiger partial charge in [-0.2, -0.15) is 15.0 Å². The second-order valence-electron chi connectivity index (χ2n) is 22.5. The Morgan fingerprint density at radius 2 is 1.16 bits per heavy atom. The smallest absolute Gasteiger partial charge is 0.323 e. The fraction of sp³-hybridized carbons (Fsp3) is 0.516. The van der Waals surface area contributed by atoms with Crippen LogP contribution in [0.1, 0.15) is 51.1 Å². The highest BCUT2D eigenvalue weighted by Gasteiger charge is 2.28. The van der Waals surface area contributed by atoms with Crippen molar-refractivity contribution in [1.82, 2.24) is 39.5 Å². The van der Waals surface area contributed by atoms with Crippen LogP contribution in [0.3, 0.4) is 0 Å². The highest BCUT2D eigenvalue weighted by Crippen LogP contribution is 2.27. The van der Waals surface area contributed by atoms with Crippen molar-refractivity contribution in [1.29, 1.82) is 0 Å². The fourth-order valence-corrected chi connectivity index (χ4v) is 10.8. The van der Waals surface area contributed by atoms with Gasteiger partial charge in [0.05, 0.1) is 79.1 Å². The molecule has 5 aromatic rings. The molecule has 3 aliphatic heterocycles. The largest absolute Gasteiger partial charge is 0.379 e. The van der Waals surface area contributed by atoms with Gasteiger partial charge < -0.3 is 73.4 Å². The van der Waals surface area contributed by atoms with Crippen LogP contribution in [0.2, 0.25) is 0 Å². The first-order valence-electron chi connectivity index (χ1n) is 30.6. The fourth-order valence-electron chi connectivity index (χ4n) is 10.4. The molecule has 22 nitrogen and oxygen atoms in total. The lowest BCUT2D eigenvalue weighted by molar-refractivity contribution is -0.132. The molecule has 0 bridgehead atoms. The van der Waals surface area contributed by atoms with Crippen LogP contribution in [0.5, 0.6) is 0 Å². The number of halogens is 4. The number of Topliss-reactive ketones (excluding diaryl/α,β-unsaturated/α-hetero) is 1. The normalized spacial score (nSPS) is 14.9. The molecular formula is C64H84F3IN12O10. The first-order valence-corrected chi connectivity index (χ1v) is 31.7. The average Bonchev–Trinajstić information content (AvgIpc) is 3.06. The number of nitrogens with one attached hydrogen (secondary N) is 2. The van der Waals surface area contributed by atoms with Gasteiger partial charge in [0, 0.05) is 128 Å². The van der Waals surface area contributed by atoms with Crippen molar-refractivity contribution in [2.75, 3.05) is 206 Å². The minimum Gasteiger partial charge on any atom is -0.379 e. The summed E-state index contributed by atoms with van der Waals surface area (Å²) in [4.78, 5) is 81.5. The summed E-state index contributed by atoms with van der Waals surface area (Å²) in [6.45, 7) is 11.9. The van der Waals surface area contributed by atoms with Crippen molar-refractivity contribution in [3.05, 3.63) is 122 Å². The van der Waals surface area contributed by atoms with Crippen LogP contribution >= 0.6 is 22.6 Å². The number of piperidine rings is 1. The lowest BCUT2D eigenvalue weighted by Crippen LogP contribution is -2.49. The molecular weight excluding hydrogens is 1280 g/mol. The summed E-state index contributed by atoms with van der Waals surface area (Å²) < 4.78 is 77.9. The molecule has 4 heterocycles. The molecule has 1 aromatic heterocycles. The number of ether oxygens (including phenoxy) is 6. The molecule has 488 valence electrons. The second kappa shape index (κ2) is 36.0. The van der Waals surface area contributed by atoms with Gasteiger partial charge in [-0.3, -0.25) is 14.4 Å². The monoisotopic (exact) mass is 1360 g/mol. The van der Waals surface area contributed by atoms with E-state index in [2.05, 4.69) is 49.2 Å². The number of ketones is 1. The lowest BCUT2D eigenvalue weighted by atomic mass is 9.96. The van der Waals surface area contributed by atoms with Crippen molar-refractivity contribution >= 4 is 69.5 Å². The third-order valence-electron chi connectivity index (χ3n) is 15.9. The predicted molar refractivity (Wildman–Crippen MR) is 345 cm³/mol. The Kier molecular flexibility index (Phi) is 27.7. The molecule has 8 rings (SSSR count). The molecule has 4 amide bonds. The third kappa shape index (κ3) is 21.6. The van der Waals surface area contributed by atoms with Crippen molar-refractivity contribution in [3.8, 4) is 11.4 Å². The average molecular weight is 1370 g/mol. The van der Waals surface area contributed by atoms with Crippen LogP contribution in [0, 0.1) is 21.0 Å². The number of carbonyl (C=O) groups is 4. The molecule has 0 atom stereocenters. The molecule has 0 unspecified atom stereocenters. The van der Waals surface area contributed by atoms with Gasteiger partial charge in [-0.05, 0) is 142 Å². The molecule has 0 aliphatic carbocycles. The number of rotatable bonds is 33. The molecule has 3 saturated heterocycles. The van der Waals surface area contributed by atoms with Crippen LogP contribution in [0.4, 0.5) is 41.2 Å². The zero-order valence-corrected chi connectivity index (χ0v) is 54.1. The van der Waals surface area contributed by atoms with E-state index in [0.29, 0.717) is 143 Å². The van der Waals surface area contributed by atoms with E-state index < -0.39 is 29.3 Å². The minimum absolute atomic E-state index is 0.00458. The van der Waals surface area contributed by atoms with E-state index in [1.807, 2.05) is 58.6 Å². The Balaban J connectivity index is 0.646. The number of morpholine rings is 1. The molecule has 26 heteroatoms. The van der Waals surface area contributed by atoms with Crippen LogP contribution in [-0.4, -0.2) is 255 Å². The molecule has 0 saturated carbocycles. The maximum absolute atomic E-state index is 14.8. The summed E-state index contributed by atoms with van der Waals surface area (Å²) in [6.07, 6.45) is 1.87. The zero-order chi connectivity index (χ0) is 63.8. The Hall–Kier alpha value is -6.47. The molecule has 2 N–H and O–H groups in total. The number of benzene rings is 4. The van der Waals surface area contributed by atoms with E-state index in [1.165, 1.54) is 18.2 Å². The van der Waals surface area contributed by atoms with Gasteiger partial charge in [0.15, 0.2) is 23.2 Å². The van der Waals surface area contributed by atoms with Crippen molar-refractivity contribution < 1.29 is 60.8 Å². The number of likely N-dealkylation sites (N-methyl/N-ethyl adjacent to an activating group) is 2.